The molecule has 2 aromatic heterocycles. The van der Waals surface area contributed by atoms with Crippen LogP contribution in [-0.4, -0.2) is 23.5 Å². The lowest BCUT2D eigenvalue weighted by Crippen LogP contribution is -2.41. The van der Waals surface area contributed by atoms with Gasteiger partial charge in [0.2, 0.25) is 0 Å². The number of thiophene rings is 1. The highest BCUT2D eigenvalue weighted by Crippen LogP contribution is 2.47. The molecule has 2 aromatic carbocycles. The van der Waals surface area contributed by atoms with Gasteiger partial charge in [0, 0.05) is 45.7 Å². The van der Waals surface area contributed by atoms with Crippen molar-refractivity contribution in [3.63, 3.8) is 0 Å². The van der Waals surface area contributed by atoms with E-state index in [1.807, 2.05) is 29.5 Å². The summed E-state index contributed by atoms with van der Waals surface area (Å²) in [6, 6.07) is 15.5. The first-order valence-corrected chi connectivity index (χ1v) is 12.3. The van der Waals surface area contributed by atoms with E-state index in [1.54, 1.807) is 19.2 Å². The molecule has 0 bridgehead atoms. The average Bonchev–Trinajstić information content (AvgIpc) is 3.45. The summed E-state index contributed by atoms with van der Waals surface area (Å²) in [5.41, 5.74) is 7.60. The highest BCUT2D eigenvalue weighted by Gasteiger charge is 2.38. The van der Waals surface area contributed by atoms with Gasteiger partial charge in [-0.15, -0.1) is 11.3 Å². The fourth-order valence-electron chi connectivity index (χ4n) is 5.86. The zero-order valence-electron chi connectivity index (χ0n) is 18.3. The van der Waals surface area contributed by atoms with Crippen molar-refractivity contribution in [2.75, 3.05) is 13.7 Å². The van der Waals surface area contributed by atoms with Gasteiger partial charge in [-0.3, -0.25) is 0 Å². The standard InChI is InChI=1S/C28H23FN2OS/c1-32-20-6-7-24-22(13-20)23-14-25-21-15-26-18(9-11-33-26)12-17(21)8-10-31(25)28(27(23)30-24)16-2-4-19(29)5-3-16/h2-7,9,11-13,15,17,28,30H,8,10,14H2,1H3. The number of halogens is 1. The molecule has 1 N–H and O–H groups in total. The molecule has 0 saturated heterocycles. The van der Waals surface area contributed by atoms with E-state index in [0.29, 0.717) is 5.92 Å². The van der Waals surface area contributed by atoms with Gasteiger partial charge in [0.25, 0.3) is 0 Å². The van der Waals surface area contributed by atoms with Crippen molar-refractivity contribution < 1.29 is 9.13 Å². The molecule has 4 heterocycles. The monoisotopic (exact) mass is 454 g/mol. The minimum atomic E-state index is -0.200. The number of fused-ring (bicyclic) bond motifs is 6. The lowest BCUT2D eigenvalue weighted by Gasteiger charge is -2.45. The van der Waals surface area contributed by atoms with E-state index in [4.69, 9.17) is 4.74 Å². The van der Waals surface area contributed by atoms with Crippen LogP contribution in [-0.2, 0) is 6.42 Å². The number of allylic oxidation sites excluding steroid dienone is 2. The summed E-state index contributed by atoms with van der Waals surface area (Å²) < 4.78 is 20.7. The van der Waals surface area contributed by atoms with Gasteiger partial charge in [-0.05, 0) is 76.2 Å². The van der Waals surface area contributed by atoms with E-state index in [0.717, 1.165) is 36.2 Å². The maximum Gasteiger partial charge on any atom is 0.123 e. The Labute approximate surface area is 195 Å². The number of rotatable bonds is 2. The molecule has 5 heteroatoms. The second-order valence-electron chi connectivity index (χ2n) is 9.10. The van der Waals surface area contributed by atoms with Gasteiger partial charge in [0.1, 0.15) is 11.6 Å². The maximum absolute atomic E-state index is 13.8. The fraction of sp³-hybridized carbons (Fsp3) is 0.214. The number of H-pyrrole nitrogens is 1. The molecule has 4 aromatic rings. The van der Waals surface area contributed by atoms with Crippen LogP contribution in [0.15, 0.2) is 65.2 Å². The number of methoxy groups -OCH3 is 1. The smallest absolute Gasteiger partial charge is 0.123 e. The number of nitrogens with one attached hydrogen (secondary N) is 1. The van der Waals surface area contributed by atoms with Gasteiger partial charge in [-0.1, -0.05) is 18.2 Å². The van der Waals surface area contributed by atoms with E-state index >= 15 is 0 Å². The quantitative estimate of drug-likeness (QED) is 0.468. The van der Waals surface area contributed by atoms with E-state index in [1.165, 1.54) is 37.7 Å². The third kappa shape index (κ3) is 2.85. The number of aromatic nitrogens is 1. The lowest BCUT2D eigenvalue weighted by molar-refractivity contribution is 0.237. The van der Waals surface area contributed by atoms with E-state index in [2.05, 4.69) is 45.6 Å². The summed E-state index contributed by atoms with van der Waals surface area (Å²) in [4.78, 5) is 6.27. The van der Waals surface area contributed by atoms with Crippen molar-refractivity contribution in [2.45, 2.75) is 18.9 Å². The predicted molar refractivity (Wildman–Crippen MR) is 131 cm³/mol. The average molecular weight is 455 g/mol. The molecule has 164 valence electrons. The lowest BCUT2D eigenvalue weighted by atomic mass is 9.80. The number of nitrogens with zero attached hydrogens (tertiary/aromatic N) is 1. The molecule has 2 atom stereocenters. The number of aromatic amines is 1. The molecule has 7 rings (SSSR count). The van der Waals surface area contributed by atoms with Crippen LogP contribution in [0, 0.1) is 11.7 Å². The van der Waals surface area contributed by atoms with Gasteiger partial charge in [-0.25, -0.2) is 4.39 Å². The molecule has 2 unspecified atom stereocenters. The largest absolute Gasteiger partial charge is 0.497 e. The van der Waals surface area contributed by atoms with Crippen LogP contribution in [0.25, 0.3) is 23.1 Å². The van der Waals surface area contributed by atoms with Gasteiger partial charge in [0.15, 0.2) is 0 Å². The molecular weight excluding hydrogens is 431 g/mol. The first kappa shape index (κ1) is 19.2. The molecule has 1 aliphatic carbocycles. The second-order valence-corrected chi connectivity index (χ2v) is 10.0. The fourth-order valence-corrected chi connectivity index (χ4v) is 6.69. The summed E-state index contributed by atoms with van der Waals surface area (Å²) in [5, 5.41) is 4.76. The van der Waals surface area contributed by atoms with Crippen molar-refractivity contribution in [2.24, 2.45) is 5.92 Å². The Bertz CT molecular complexity index is 1560. The Morgan fingerprint density at radius 2 is 2.00 bits per heavy atom. The zero-order valence-corrected chi connectivity index (χ0v) is 19.1. The van der Waals surface area contributed by atoms with Crippen molar-refractivity contribution in [1.29, 1.82) is 0 Å². The third-order valence-electron chi connectivity index (χ3n) is 7.42. The van der Waals surface area contributed by atoms with Crippen molar-refractivity contribution >= 4 is 34.4 Å². The number of hydrogen-bond donors (Lipinski definition) is 1. The second kappa shape index (κ2) is 7.09. The Kier molecular flexibility index (Phi) is 4.12. The molecule has 0 spiro atoms. The minimum Gasteiger partial charge on any atom is -0.497 e. The molecular formula is C28H23FN2OS. The maximum atomic E-state index is 13.8. The van der Waals surface area contributed by atoms with Crippen LogP contribution in [0.5, 0.6) is 5.75 Å². The van der Waals surface area contributed by atoms with Crippen LogP contribution in [0.2, 0.25) is 0 Å². The third-order valence-corrected chi connectivity index (χ3v) is 8.30. The first-order chi connectivity index (χ1) is 16.2. The summed E-state index contributed by atoms with van der Waals surface area (Å²) >= 11 is 1.81. The van der Waals surface area contributed by atoms with E-state index in [-0.39, 0.29) is 11.9 Å². The summed E-state index contributed by atoms with van der Waals surface area (Å²) in [6.07, 6.45) is 6.84. The van der Waals surface area contributed by atoms with E-state index < -0.39 is 0 Å². The number of benzene rings is 2. The van der Waals surface area contributed by atoms with Crippen LogP contribution >= 0.6 is 11.3 Å². The van der Waals surface area contributed by atoms with E-state index in [9.17, 15) is 4.39 Å². The van der Waals surface area contributed by atoms with Crippen LogP contribution in [0.1, 0.15) is 29.3 Å². The van der Waals surface area contributed by atoms with Gasteiger partial charge in [-0.2, -0.15) is 0 Å². The van der Waals surface area contributed by atoms with Gasteiger partial charge >= 0.3 is 0 Å². The highest BCUT2D eigenvalue weighted by molar-refractivity contribution is 7.07. The van der Waals surface area contributed by atoms with Crippen molar-refractivity contribution in [1.82, 2.24) is 9.88 Å². The topological polar surface area (TPSA) is 28.3 Å². The van der Waals surface area contributed by atoms with Crippen molar-refractivity contribution in [3.05, 3.63) is 97.6 Å². The Morgan fingerprint density at radius 1 is 1.12 bits per heavy atom. The molecule has 0 radical (unpaired) electrons. The minimum absolute atomic E-state index is 0.0364. The molecule has 0 saturated carbocycles. The Hall–Kier alpha value is -3.31. The van der Waals surface area contributed by atoms with Crippen LogP contribution < -0.4 is 14.5 Å². The van der Waals surface area contributed by atoms with Crippen molar-refractivity contribution in [3.8, 4) is 5.75 Å². The molecule has 0 amide bonds. The predicted octanol–water partition coefficient (Wildman–Crippen LogP) is 4.87. The molecule has 0 fully saturated rings. The molecule has 3 nitrogen and oxygen atoms in total. The van der Waals surface area contributed by atoms with Crippen LogP contribution in [0.4, 0.5) is 4.39 Å². The van der Waals surface area contributed by atoms with Crippen LogP contribution in [0.3, 0.4) is 0 Å². The zero-order chi connectivity index (χ0) is 22.1. The highest BCUT2D eigenvalue weighted by atomic mass is 32.1. The van der Waals surface area contributed by atoms with Gasteiger partial charge < -0.3 is 14.6 Å². The van der Waals surface area contributed by atoms with Gasteiger partial charge in [0.05, 0.1) is 13.2 Å². The normalized spacial score (nSPS) is 21.0. The number of ether oxygens (including phenoxy) is 1. The first-order valence-electron chi connectivity index (χ1n) is 11.4. The Morgan fingerprint density at radius 3 is 2.85 bits per heavy atom. The summed E-state index contributed by atoms with van der Waals surface area (Å²) in [7, 11) is 1.71. The summed E-state index contributed by atoms with van der Waals surface area (Å²) in [6.45, 7) is 0.980. The summed E-state index contributed by atoms with van der Waals surface area (Å²) in [5.74, 6) is 1.12. The SMILES string of the molecule is COc1ccc2[nH]c3c(c2c1)CC1=C2C=c4sccc4=CC2CCN1C3c1ccc(F)cc1. The molecule has 2 aliphatic heterocycles. The Balaban J connectivity index is 1.50. The number of hydrogen-bond acceptors (Lipinski definition) is 3. The molecule has 3 aliphatic rings. The molecule has 33 heavy (non-hydrogen) atoms.